The van der Waals surface area contributed by atoms with Crippen molar-refractivity contribution in [2.45, 2.75) is 32.6 Å². The van der Waals surface area contributed by atoms with E-state index in [1.54, 1.807) is 4.90 Å². The van der Waals surface area contributed by atoms with Crippen LogP contribution in [-0.2, 0) is 9.59 Å². The van der Waals surface area contributed by atoms with Crippen LogP contribution in [0.1, 0.15) is 32.6 Å². The van der Waals surface area contributed by atoms with Crippen molar-refractivity contribution in [2.75, 3.05) is 26.2 Å². The molecule has 1 unspecified atom stereocenters. The zero-order valence-corrected chi connectivity index (χ0v) is 10.4. The molecule has 5 heteroatoms. The van der Waals surface area contributed by atoms with Gasteiger partial charge in [0.25, 0.3) is 0 Å². The number of hydrogen-bond acceptors (Lipinski definition) is 3. The van der Waals surface area contributed by atoms with Crippen molar-refractivity contribution in [3.63, 3.8) is 0 Å². The van der Waals surface area contributed by atoms with Gasteiger partial charge >= 0.3 is 0 Å². The summed E-state index contributed by atoms with van der Waals surface area (Å²) in [6.07, 6.45) is 3.06. The molecule has 98 valence electrons. The van der Waals surface area contributed by atoms with Crippen LogP contribution in [0.25, 0.3) is 0 Å². The first kappa shape index (κ1) is 14.0. The Morgan fingerprint density at radius 2 is 2.35 bits per heavy atom. The number of nitrogens with zero attached hydrogens (tertiary/aromatic N) is 1. The highest BCUT2D eigenvalue weighted by Crippen LogP contribution is 2.09. The number of amides is 2. The van der Waals surface area contributed by atoms with Gasteiger partial charge in [0, 0.05) is 26.1 Å². The van der Waals surface area contributed by atoms with E-state index in [1.165, 1.54) is 0 Å². The van der Waals surface area contributed by atoms with Gasteiger partial charge in [-0.15, -0.1) is 0 Å². The number of carbonyl (C=O) groups excluding carboxylic acids is 2. The molecule has 1 atom stereocenters. The van der Waals surface area contributed by atoms with Gasteiger partial charge in [-0.2, -0.15) is 0 Å². The van der Waals surface area contributed by atoms with Crippen LogP contribution in [0, 0.1) is 5.92 Å². The lowest BCUT2D eigenvalue weighted by molar-refractivity contribution is -0.133. The zero-order valence-electron chi connectivity index (χ0n) is 10.4. The molecule has 1 aliphatic heterocycles. The molecule has 0 saturated carbocycles. The van der Waals surface area contributed by atoms with E-state index in [1.807, 2.05) is 6.92 Å². The minimum atomic E-state index is -0.100. The largest absolute Gasteiger partial charge is 0.396 e. The molecule has 0 radical (unpaired) electrons. The van der Waals surface area contributed by atoms with Crippen LogP contribution < -0.4 is 5.32 Å². The third-order valence-corrected chi connectivity index (χ3v) is 3.21. The molecule has 17 heavy (non-hydrogen) atoms. The van der Waals surface area contributed by atoms with Crippen LogP contribution >= 0.6 is 0 Å². The Morgan fingerprint density at radius 1 is 1.59 bits per heavy atom. The summed E-state index contributed by atoms with van der Waals surface area (Å²) in [6.45, 7) is 3.64. The molecular weight excluding hydrogens is 220 g/mol. The monoisotopic (exact) mass is 242 g/mol. The summed E-state index contributed by atoms with van der Waals surface area (Å²) in [6, 6.07) is 0. The van der Waals surface area contributed by atoms with Gasteiger partial charge < -0.3 is 15.3 Å². The molecule has 0 bridgehead atoms. The highest BCUT2D eigenvalue weighted by Gasteiger charge is 2.22. The summed E-state index contributed by atoms with van der Waals surface area (Å²) in [7, 11) is 0. The molecule has 2 N–H and O–H groups in total. The van der Waals surface area contributed by atoms with Gasteiger partial charge in [-0.25, -0.2) is 0 Å². The third-order valence-electron chi connectivity index (χ3n) is 3.21. The van der Waals surface area contributed by atoms with E-state index >= 15 is 0 Å². The molecule has 0 spiro atoms. The van der Waals surface area contributed by atoms with Gasteiger partial charge in [0.05, 0.1) is 6.54 Å². The maximum absolute atomic E-state index is 11.6. The maximum atomic E-state index is 11.6. The number of aliphatic hydroxyl groups is 1. The Hall–Kier alpha value is -1.10. The number of aliphatic hydroxyl groups excluding tert-OH is 1. The lowest BCUT2D eigenvalue weighted by Gasteiger charge is -2.17. The topological polar surface area (TPSA) is 69.6 Å². The fourth-order valence-electron chi connectivity index (χ4n) is 1.99. The molecule has 1 saturated heterocycles. The quantitative estimate of drug-likeness (QED) is 0.667. The minimum absolute atomic E-state index is 0.0718. The number of likely N-dealkylation sites (tertiary alicyclic amines) is 1. The molecule has 2 amide bonds. The first-order chi connectivity index (χ1) is 8.17. The Labute approximate surface area is 102 Å². The van der Waals surface area contributed by atoms with Crippen LogP contribution in [0.15, 0.2) is 0 Å². The first-order valence-corrected chi connectivity index (χ1v) is 6.32. The molecule has 0 aromatic carbocycles. The van der Waals surface area contributed by atoms with E-state index in [-0.39, 0.29) is 25.0 Å². The van der Waals surface area contributed by atoms with Crippen molar-refractivity contribution in [1.82, 2.24) is 10.2 Å². The Balaban J connectivity index is 2.22. The van der Waals surface area contributed by atoms with E-state index in [2.05, 4.69) is 5.32 Å². The van der Waals surface area contributed by atoms with E-state index in [9.17, 15) is 9.59 Å². The normalized spacial score (nSPS) is 17.3. The number of hydrogen-bond donors (Lipinski definition) is 2. The van der Waals surface area contributed by atoms with Gasteiger partial charge in [-0.05, 0) is 18.8 Å². The van der Waals surface area contributed by atoms with Crippen molar-refractivity contribution in [3.05, 3.63) is 0 Å². The number of nitrogens with one attached hydrogen (secondary N) is 1. The third kappa shape index (κ3) is 4.73. The smallest absolute Gasteiger partial charge is 0.239 e. The molecule has 0 aliphatic carbocycles. The maximum Gasteiger partial charge on any atom is 0.239 e. The predicted octanol–water partition coefficient (Wildman–Crippen LogP) is 0.134. The second-order valence-electron chi connectivity index (χ2n) is 4.51. The van der Waals surface area contributed by atoms with E-state index in [4.69, 9.17) is 5.11 Å². The molecular formula is C12H22N2O3. The predicted molar refractivity (Wildman–Crippen MR) is 64.3 cm³/mol. The van der Waals surface area contributed by atoms with Gasteiger partial charge in [-0.3, -0.25) is 9.59 Å². The lowest BCUT2D eigenvalue weighted by Crippen LogP contribution is -2.39. The fourth-order valence-corrected chi connectivity index (χ4v) is 1.99. The highest BCUT2D eigenvalue weighted by molar-refractivity contribution is 5.85. The fraction of sp³-hybridized carbons (Fsp3) is 0.833. The van der Waals surface area contributed by atoms with Crippen LogP contribution in [0.2, 0.25) is 0 Å². The lowest BCUT2D eigenvalue weighted by atomic mass is 10.0. The summed E-state index contributed by atoms with van der Waals surface area (Å²) in [5.41, 5.74) is 0. The van der Waals surface area contributed by atoms with Crippen LogP contribution in [0.3, 0.4) is 0 Å². The Bertz CT molecular complexity index is 268. The van der Waals surface area contributed by atoms with E-state index < -0.39 is 0 Å². The summed E-state index contributed by atoms with van der Waals surface area (Å²) in [5.74, 6) is 0.289. The molecule has 0 aromatic heterocycles. The average Bonchev–Trinajstić information content (AvgIpc) is 2.70. The second kappa shape index (κ2) is 7.27. The number of carbonyl (C=O) groups is 2. The SMILES string of the molecule is CCC(CCO)CNC(=O)CN1CCCC1=O. The van der Waals surface area contributed by atoms with Gasteiger partial charge in [-0.1, -0.05) is 13.3 Å². The summed E-state index contributed by atoms with van der Waals surface area (Å²) < 4.78 is 0. The minimum Gasteiger partial charge on any atom is -0.396 e. The molecule has 0 aromatic rings. The Morgan fingerprint density at radius 3 is 2.88 bits per heavy atom. The highest BCUT2D eigenvalue weighted by atomic mass is 16.3. The molecule has 1 rings (SSSR count). The molecule has 1 heterocycles. The average molecular weight is 242 g/mol. The van der Waals surface area contributed by atoms with Crippen LogP contribution in [0.4, 0.5) is 0 Å². The van der Waals surface area contributed by atoms with E-state index in [0.717, 1.165) is 12.8 Å². The molecule has 1 aliphatic rings. The number of rotatable bonds is 7. The Kier molecular flexibility index (Phi) is 5.97. The van der Waals surface area contributed by atoms with Gasteiger partial charge in [0.15, 0.2) is 0 Å². The van der Waals surface area contributed by atoms with Crippen LogP contribution in [-0.4, -0.2) is 48.1 Å². The summed E-state index contributed by atoms with van der Waals surface area (Å²) in [5, 5.41) is 11.7. The molecule has 1 fully saturated rings. The van der Waals surface area contributed by atoms with Crippen molar-refractivity contribution in [2.24, 2.45) is 5.92 Å². The van der Waals surface area contributed by atoms with E-state index in [0.29, 0.717) is 31.8 Å². The van der Waals surface area contributed by atoms with Gasteiger partial charge in [0.2, 0.25) is 11.8 Å². The van der Waals surface area contributed by atoms with Crippen LogP contribution in [0.5, 0.6) is 0 Å². The van der Waals surface area contributed by atoms with Crippen molar-refractivity contribution >= 4 is 11.8 Å². The molecule has 5 nitrogen and oxygen atoms in total. The first-order valence-electron chi connectivity index (χ1n) is 6.32. The van der Waals surface area contributed by atoms with Gasteiger partial charge in [0.1, 0.15) is 0 Å². The standard InChI is InChI=1S/C12H22N2O3/c1-2-10(5-7-15)8-13-11(16)9-14-6-3-4-12(14)17/h10,15H,2-9H2,1H3,(H,13,16). The van der Waals surface area contributed by atoms with Crippen molar-refractivity contribution in [1.29, 1.82) is 0 Å². The van der Waals surface area contributed by atoms with Crippen molar-refractivity contribution < 1.29 is 14.7 Å². The zero-order chi connectivity index (χ0) is 12.7. The van der Waals surface area contributed by atoms with Crippen molar-refractivity contribution in [3.8, 4) is 0 Å². The summed E-state index contributed by atoms with van der Waals surface area (Å²) >= 11 is 0. The summed E-state index contributed by atoms with van der Waals surface area (Å²) in [4.78, 5) is 24.5. The second-order valence-corrected chi connectivity index (χ2v) is 4.51.